The van der Waals surface area contributed by atoms with Gasteiger partial charge in [-0.3, -0.25) is 0 Å². The van der Waals surface area contributed by atoms with E-state index in [0.29, 0.717) is 5.57 Å². The Morgan fingerprint density at radius 1 is 1.50 bits per heavy atom. The Kier molecular flexibility index (Phi) is 3.46. The highest BCUT2D eigenvalue weighted by atomic mass is 31.2. The van der Waals surface area contributed by atoms with E-state index >= 15 is 0 Å². The first-order valence-corrected chi connectivity index (χ1v) is 3.95. The van der Waals surface area contributed by atoms with Crippen LogP contribution in [0, 0.1) is 0 Å². The minimum atomic E-state index is -2.78. The molecule has 0 aromatic carbocycles. The first-order chi connectivity index (χ1) is 4.36. The molecule has 0 unspecified atom stereocenters. The predicted molar refractivity (Wildman–Crippen MR) is 36.9 cm³/mol. The molecule has 0 heterocycles. The molecule has 0 fully saturated rings. The van der Waals surface area contributed by atoms with Crippen molar-refractivity contribution in [1.29, 1.82) is 0 Å². The molecule has 0 aliphatic carbocycles. The van der Waals surface area contributed by atoms with Crippen molar-refractivity contribution in [3.63, 3.8) is 0 Å². The van der Waals surface area contributed by atoms with Crippen molar-refractivity contribution in [1.82, 2.24) is 0 Å². The molecule has 0 bridgehead atoms. The maximum atomic E-state index is 10.1. The second-order valence-electron chi connectivity index (χ2n) is 2.61. The molecule has 0 saturated heterocycles. The van der Waals surface area contributed by atoms with Crippen LogP contribution in [-0.2, 0) is 4.52 Å². The molecular weight excluding hydrogens is 151 g/mol. The molecule has 3 nitrogen and oxygen atoms in total. The lowest BCUT2D eigenvalue weighted by Gasteiger charge is -2.39. The van der Waals surface area contributed by atoms with Crippen LogP contribution in [0.5, 0.6) is 0 Å². The molecule has 0 spiro atoms. The van der Waals surface area contributed by atoms with E-state index in [1.54, 1.807) is 20.8 Å². The minimum Gasteiger partial charge on any atom is -0.820 e. The molecule has 0 aromatic rings. The molecule has 0 amide bonds. The van der Waals surface area contributed by atoms with E-state index < -0.39 is 14.2 Å². The Morgan fingerprint density at radius 2 is 1.90 bits per heavy atom. The molecule has 60 valence electrons. The third-order valence-corrected chi connectivity index (χ3v) is 1.94. The zero-order valence-electron chi connectivity index (χ0n) is 6.38. The largest absolute Gasteiger partial charge is 0.820 e. The highest BCUT2D eigenvalue weighted by Gasteiger charge is 2.17. The van der Waals surface area contributed by atoms with Gasteiger partial charge in [0.15, 0.2) is 0 Å². The lowest BCUT2D eigenvalue weighted by Crippen LogP contribution is -2.28. The summed E-state index contributed by atoms with van der Waals surface area (Å²) in [5.41, 5.74) is -0.0819. The SMILES string of the molecule is C=C(C)C(C)(C)OP([O-])[O-]. The molecule has 0 radical (unpaired) electrons. The Bertz CT molecular complexity index is 131. The van der Waals surface area contributed by atoms with Crippen LogP contribution in [0.4, 0.5) is 0 Å². The van der Waals surface area contributed by atoms with Crippen LogP contribution in [0.1, 0.15) is 20.8 Å². The zero-order valence-corrected chi connectivity index (χ0v) is 7.27. The normalized spacial score (nSPS) is 12.2. The van der Waals surface area contributed by atoms with Gasteiger partial charge in [-0.2, -0.15) is 8.60 Å². The van der Waals surface area contributed by atoms with Gasteiger partial charge in [-0.05, 0) is 26.3 Å². The highest BCUT2D eigenvalue weighted by Crippen LogP contribution is 2.29. The van der Waals surface area contributed by atoms with Crippen molar-refractivity contribution in [2.24, 2.45) is 0 Å². The second-order valence-corrected chi connectivity index (χ2v) is 3.24. The molecule has 0 N–H and O–H groups in total. The van der Waals surface area contributed by atoms with Gasteiger partial charge in [0.2, 0.25) is 0 Å². The summed E-state index contributed by atoms with van der Waals surface area (Å²) in [5, 5.41) is 0. The van der Waals surface area contributed by atoms with E-state index in [0.717, 1.165) is 0 Å². The highest BCUT2D eigenvalue weighted by molar-refractivity contribution is 7.36. The third kappa shape index (κ3) is 3.28. The molecule has 10 heavy (non-hydrogen) atoms. The summed E-state index contributed by atoms with van der Waals surface area (Å²) < 4.78 is 4.55. The summed E-state index contributed by atoms with van der Waals surface area (Å²) in [6.45, 7) is 8.62. The Morgan fingerprint density at radius 3 is 2.00 bits per heavy atom. The minimum absolute atomic E-state index is 0.687. The summed E-state index contributed by atoms with van der Waals surface area (Å²) in [4.78, 5) is 20.2. The maximum absolute atomic E-state index is 10.1. The zero-order chi connectivity index (χ0) is 8.36. The summed E-state index contributed by atoms with van der Waals surface area (Å²) >= 11 is 0. The summed E-state index contributed by atoms with van der Waals surface area (Å²) in [5.74, 6) is 0. The lowest BCUT2D eigenvalue weighted by atomic mass is 10.0. The van der Waals surface area contributed by atoms with E-state index in [1.807, 2.05) is 0 Å². The number of hydrogen-bond donors (Lipinski definition) is 0. The average Bonchev–Trinajstić information content (AvgIpc) is 1.60. The van der Waals surface area contributed by atoms with Crippen molar-refractivity contribution < 1.29 is 14.3 Å². The van der Waals surface area contributed by atoms with E-state index in [-0.39, 0.29) is 0 Å². The fourth-order valence-corrected chi connectivity index (χ4v) is 0.793. The maximum Gasteiger partial charge on any atom is 0.0840 e. The van der Waals surface area contributed by atoms with E-state index in [2.05, 4.69) is 11.1 Å². The van der Waals surface area contributed by atoms with Gasteiger partial charge in [0.1, 0.15) is 0 Å². The third-order valence-electron chi connectivity index (χ3n) is 1.33. The van der Waals surface area contributed by atoms with E-state index in [4.69, 9.17) is 0 Å². The quantitative estimate of drug-likeness (QED) is 0.443. The monoisotopic (exact) mass is 162 g/mol. The van der Waals surface area contributed by atoms with Crippen molar-refractivity contribution in [2.45, 2.75) is 26.4 Å². The van der Waals surface area contributed by atoms with Crippen molar-refractivity contribution >= 4 is 8.60 Å². The van der Waals surface area contributed by atoms with Gasteiger partial charge in [-0.15, -0.1) is 0 Å². The number of hydrogen-bond acceptors (Lipinski definition) is 3. The summed E-state index contributed by atoms with van der Waals surface area (Å²) in [7, 11) is -2.78. The molecular formula is C6H11O3P-2. The standard InChI is InChI=1S/C6H11O3P/c1-5(2)6(3,4)9-10(7)8/h1H2,2-4H3/q-2. The van der Waals surface area contributed by atoms with Crippen LogP contribution >= 0.6 is 8.60 Å². The Hall–Kier alpha value is 0.0500. The molecule has 0 atom stereocenters. The van der Waals surface area contributed by atoms with Gasteiger partial charge in [-0.1, -0.05) is 6.58 Å². The van der Waals surface area contributed by atoms with Gasteiger partial charge in [0.05, 0.1) is 5.60 Å². The summed E-state index contributed by atoms with van der Waals surface area (Å²) in [6.07, 6.45) is 0. The van der Waals surface area contributed by atoms with Gasteiger partial charge in [0, 0.05) is 0 Å². The van der Waals surface area contributed by atoms with Gasteiger partial charge < -0.3 is 14.3 Å². The van der Waals surface area contributed by atoms with Crippen LogP contribution in [0.15, 0.2) is 12.2 Å². The van der Waals surface area contributed by atoms with Gasteiger partial charge in [-0.25, -0.2) is 0 Å². The van der Waals surface area contributed by atoms with Crippen molar-refractivity contribution in [3.05, 3.63) is 12.2 Å². The topological polar surface area (TPSA) is 55.3 Å². The molecule has 0 saturated carbocycles. The predicted octanol–water partition coefficient (Wildman–Crippen LogP) is 0.305. The van der Waals surface area contributed by atoms with Crippen molar-refractivity contribution in [2.75, 3.05) is 0 Å². The number of rotatable bonds is 3. The summed E-state index contributed by atoms with van der Waals surface area (Å²) in [6, 6.07) is 0. The Labute approximate surface area is 62.3 Å². The molecule has 0 aliphatic heterocycles. The van der Waals surface area contributed by atoms with Crippen LogP contribution in [0.25, 0.3) is 0 Å². The smallest absolute Gasteiger partial charge is 0.0840 e. The van der Waals surface area contributed by atoms with Crippen LogP contribution in [0.3, 0.4) is 0 Å². The van der Waals surface area contributed by atoms with Crippen LogP contribution in [0.2, 0.25) is 0 Å². The van der Waals surface area contributed by atoms with Gasteiger partial charge >= 0.3 is 0 Å². The second kappa shape index (κ2) is 3.44. The molecule has 4 heteroatoms. The first kappa shape index (κ1) is 10.0. The van der Waals surface area contributed by atoms with E-state index in [1.165, 1.54) is 0 Å². The van der Waals surface area contributed by atoms with Gasteiger partial charge in [0.25, 0.3) is 0 Å². The van der Waals surface area contributed by atoms with E-state index in [9.17, 15) is 9.79 Å². The van der Waals surface area contributed by atoms with Crippen LogP contribution < -0.4 is 9.79 Å². The fraction of sp³-hybridized carbons (Fsp3) is 0.667. The van der Waals surface area contributed by atoms with Crippen molar-refractivity contribution in [3.8, 4) is 0 Å². The molecule has 0 rings (SSSR count). The van der Waals surface area contributed by atoms with Crippen LogP contribution in [-0.4, -0.2) is 5.60 Å². The Balaban J connectivity index is 4.00. The first-order valence-electron chi connectivity index (χ1n) is 2.86. The molecule has 0 aromatic heterocycles. The average molecular weight is 162 g/mol. The fourth-order valence-electron chi connectivity index (χ4n) is 0.264. The lowest BCUT2D eigenvalue weighted by molar-refractivity contribution is -0.323. The molecule has 0 aliphatic rings.